The third-order valence-electron chi connectivity index (χ3n) is 5.14. The van der Waals surface area contributed by atoms with Crippen molar-refractivity contribution >= 4 is 5.78 Å². The first-order valence-electron chi connectivity index (χ1n) is 9.38. The summed E-state index contributed by atoms with van der Waals surface area (Å²) in [4.78, 5) is 26.1. The lowest BCUT2D eigenvalue weighted by Gasteiger charge is -2.16. The van der Waals surface area contributed by atoms with Crippen LogP contribution in [-0.2, 0) is 6.54 Å². The van der Waals surface area contributed by atoms with Crippen LogP contribution in [0.4, 0.5) is 0 Å². The molecule has 31 heavy (non-hydrogen) atoms. The highest BCUT2D eigenvalue weighted by Gasteiger charge is 2.25. The van der Waals surface area contributed by atoms with Gasteiger partial charge >= 0.3 is 0 Å². The molecule has 1 aliphatic rings. The van der Waals surface area contributed by atoms with E-state index in [-0.39, 0.29) is 35.6 Å². The van der Waals surface area contributed by atoms with Crippen LogP contribution in [0, 0.1) is 18.3 Å². The number of ketones is 1. The molecule has 3 aromatic rings. The highest BCUT2D eigenvalue weighted by atomic mass is 16.7. The molecule has 156 valence electrons. The number of aromatic hydroxyl groups is 1. The van der Waals surface area contributed by atoms with Crippen molar-refractivity contribution in [3.05, 3.63) is 80.6 Å². The topological polar surface area (TPSA) is 111 Å². The zero-order valence-electron chi connectivity index (χ0n) is 16.8. The number of carbonyl (C=O) groups is 1. The van der Waals surface area contributed by atoms with E-state index in [4.69, 9.17) is 14.2 Å². The average Bonchev–Trinajstić information content (AvgIpc) is 3.25. The van der Waals surface area contributed by atoms with Crippen LogP contribution in [0.15, 0.2) is 47.3 Å². The number of ether oxygens (including phenoxy) is 3. The lowest BCUT2D eigenvalue weighted by molar-refractivity contribution is 0.103. The molecule has 0 atom stereocenters. The zero-order valence-corrected chi connectivity index (χ0v) is 16.8. The molecule has 0 saturated heterocycles. The van der Waals surface area contributed by atoms with Crippen molar-refractivity contribution in [3.63, 3.8) is 0 Å². The number of methoxy groups -OCH3 is 1. The maximum Gasteiger partial charge on any atom is 0.271 e. The maximum absolute atomic E-state index is 13.2. The van der Waals surface area contributed by atoms with E-state index in [2.05, 4.69) is 0 Å². The summed E-state index contributed by atoms with van der Waals surface area (Å²) >= 11 is 0. The van der Waals surface area contributed by atoms with Gasteiger partial charge in [-0.15, -0.1) is 0 Å². The summed E-state index contributed by atoms with van der Waals surface area (Å²) in [5, 5.41) is 20.5. The summed E-state index contributed by atoms with van der Waals surface area (Å²) in [6.07, 6.45) is 0. The minimum atomic E-state index is -0.683. The molecule has 1 aliphatic heterocycles. The maximum atomic E-state index is 13.2. The molecule has 0 amide bonds. The summed E-state index contributed by atoms with van der Waals surface area (Å²) in [6, 6.07) is 13.4. The van der Waals surface area contributed by atoms with Crippen LogP contribution < -0.4 is 19.8 Å². The van der Waals surface area contributed by atoms with Gasteiger partial charge in [-0.3, -0.25) is 14.2 Å². The minimum Gasteiger partial charge on any atom is -0.497 e. The molecule has 2 aromatic carbocycles. The predicted octanol–water partition coefficient (Wildman–Crippen LogP) is 2.75. The van der Waals surface area contributed by atoms with E-state index >= 15 is 0 Å². The molecule has 0 unspecified atom stereocenters. The molecule has 4 rings (SSSR count). The van der Waals surface area contributed by atoms with Gasteiger partial charge in [0.15, 0.2) is 17.3 Å². The number of hydrogen-bond donors (Lipinski definition) is 1. The minimum absolute atomic E-state index is 0.0609. The Labute approximate surface area is 177 Å². The molecule has 2 heterocycles. The van der Waals surface area contributed by atoms with E-state index in [1.807, 2.05) is 6.07 Å². The Balaban J connectivity index is 1.84. The highest BCUT2D eigenvalue weighted by molar-refractivity contribution is 6.11. The first-order chi connectivity index (χ1) is 14.9. The van der Waals surface area contributed by atoms with Crippen molar-refractivity contribution < 1.29 is 24.1 Å². The molecular weight excluding hydrogens is 400 g/mol. The number of aromatic nitrogens is 1. The molecule has 8 nitrogen and oxygen atoms in total. The van der Waals surface area contributed by atoms with Crippen LogP contribution in [0.3, 0.4) is 0 Å². The zero-order chi connectivity index (χ0) is 22.1. The molecule has 0 saturated carbocycles. The number of fused-ring (bicyclic) bond motifs is 1. The van der Waals surface area contributed by atoms with Gasteiger partial charge in [-0.2, -0.15) is 5.26 Å². The van der Waals surface area contributed by atoms with Crippen LogP contribution in [-0.4, -0.2) is 29.4 Å². The smallest absolute Gasteiger partial charge is 0.271 e. The van der Waals surface area contributed by atoms with Gasteiger partial charge in [0.25, 0.3) is 5.56 Å². The predicted molar refractivity (Wildman–Crippen MR) is 110 cm³/mol. The van der Waals surface area contributed by atoms with Gasteiger partial charge < -0.3 is 19.3 Å². The number of rotatable bonds is 5. The van der Waals surface area contributed by atoms with Crippen LogP contribution in [0.2, 0.25) is 0 Å². The molecule has 0 fully saturated rings. The van der Waals surface area contributed by atoms with Gasteiger partial charge in [-0.1, -0.05) is 18.2 Å². The average molecular weight is 418 g/mol. The number of pyridine rings is 1. The Hall–Kier alpha value is -4.25. The standard InChI is InChI=1S/C23H18N2O6/c1-13-17(10-24)22(27)25(11-14-6-7-18-19(8-14)31-12-30-18)23(28)20(13)21(26)15-4-3-5-16(9-15)29-2/h3-9,28H,11-12H2,1-2H3. The van der Waals surface area contributed by atoms with Crippen molar-refractivity contribution in [1.29, 1.82) is 5.26 Å². The van der Waals surface area contributed by atoms with Crippen LogP contribution in [0.25, 0.3) is 0 Å². The van der Waals surface area contributed by atoms with Gasteiger partial charge in [0.2, 0.25) is 12.7 Å². The summed E-state index contributed by atoms with van der Waals surface area (Å²) in [5.74, 6) is 0.537. The largest absolute Gasteiger partial charge is 0.497 e. The molecule has 0 bridgehead atoms. The molecule has 1 N–H and O–H groups in total. The first-order valence-corrected chi connectivity index (χ1v) is 9.38. The van der Waals surface area contributed by atoms with Gasteiger partial charge in [0.1, 0.15) is 17.4 Å². The third kappa shape index (κ3) is 3.46. The van der Waals surface area contributed by atoms with Gasteiger partial charge in [0.05, 0.1) is 19.2 Å². The van der Waals surface area contributed by atoms with E-state index in [9.17, 15) is 20.0 Å². The van der Waals surface area contributed by atoms with Crippen LogP contribution in [0.5, 0.6) is 23.1 Å². The molecule has 0 aliphatic carbocycles. The van der Waals surface area contributed by atoms with Crippen LogP contribution >= 0.6 is 0 Å². The fraction of sp³-hybridized carbons (Fsp3) is 0.174. The van der Waals surface area contributed by atoms with Crippen LogP contribution in [0.1, 0.15) is 32.6 Å². The Morgan fingerprint density at radius 2 is 2.00 bits per heavy atom. The van der Waals surface area contributed by atoms with Gasteiger partial charge in [0, 0.05) is 5.56 Å². The lowest BCUT2D eigenvalue weighted by Crippen LogP contribution is -2.27. The van der Waals surface area contributed by atoms with Crippen molar-refractivity contribution in [3.8, 4) is 29.2 Å². The van der Waals surface area contributed by atoms with Crippen molar-refractivity contribution in [1.82, 2.24) is 4.57 Å². The number of benzene rings is 2. The monoisotopic (exact) mass is 418 g/mol. The quantitative estimate of drug-likeness (QED) is 0.634. The molecule has 0 spiro atoms. The molecule has 8 heteroatoms. The lowest BCUT2D eigenvalue weighted by atomic mass is 9.97. The number of nitrogens with zero attached hydrogens (tertiary/aromatic N) is 2. The fourth-order valence-electron chi connectivity index (χ4n) is 3.50. The van der Waals surface area contributed by atoms with E-state index in [0.29, 0.717) is 22.8 Å². The normalized spacial score (nSPS) is 11.8. The fourth-order valence-corrected chi connectivity index (χ4v) is 3.50. The Morgan fingerprint density at radius 3 is 2.74 bits per heavy atom. The van der Waals surface area contributed by atoms with Crippen molar-refractivity contribution in [2.75, 3.05) is 13.9 Å². The van der Waals surface area contributed by atoms with Gasteiger partial charge in [-0.05, 0) is 42.3 Å². The Kier molecular flexibility index (Phi) is 5.09. The van der Waals surface area contributed by atoms with E-state index < -0.39 is 17.2 Å². The molecule has 0 radical (unpaired) electrons. The first kappa shape index (κ1) is 20.0. The Morgan fingerprint density at radius 1 is 1.23 bits per heavy atom. The van der Waals surface area contributed by atoms with Crippen molar-refractivity contribution in [2.45, 2.75) is 13.5 Å². The second-order valence-corrected chi connectivity index (χ2v) is 6.95. The molecule has 1 aromatic heterocycles. The number of nitriles is 1. The Bertz CT molecular complexity index is 1300. The van der Waals surface area contributed by atoms with Crippen molar-refractivity contribution in [2.24, 2.45) is 0 Å². The van der Waals surface area contributed by atoms with E-state index in [1.54, 1.807) is 36.4 Å². The molecular formula is C23H18N2O6. The van der Waals surface area contributed by atoms with E-state index in [0.717, 1.165) is 4.57 Å². The third-order valence-corrected chi connectivity index (χ3v) is 5.14. The second kappa shape index (κ2) is 7.88. The highest BCUT2D eigenvalue weighted by Crippen LogP contribution is 2.33. The number of hydrogen-bond acceptors (Lipinski definition) is 7. The van der Waals surface area contributed by atoms with Gasteiger partial charge in [-0.25, -0.2) is 0 Å². The van der Waals surface area contributed by atoms with E-state index in [1.165, 1.54) is 20.1 Å². The SMILES string of the molecule is COc1cccc(C(=O)c2c(C)c(C#N)c(=O)n(Cc3ccc4c(c3)OCO4)c2O)c1. The second-order valence-electron chi connectivity index (χ2n) is 6.95. The number of carbonyl (C=O) groups excluding carboxylic acids is 1. The summed E-state index contributed by atoms with van der Waals surface area (Å²) in [5.41, 5.74) is 0.0242. The summed E-state index contributed by atoms with van der Waals surface area (Å²) in [6.45, 7) is 1.51. The summed E-state index contributed by atoms with van der Waals surface area (Å²) in [7, 11) is 1.48. The summed E-state index contributed by atoms with van der Waals surface area (Å²) < 4.78 is 16.8.